The zero-order valence-electron chi connectivity index (χ0n) is 17.6. The summed E-state index contributed by atoms with van der Waals surface area (Å²) < 4.78 is 38.3. The van der Waals surface area contributed by atoms with Gasteiger partial charge in [-0.05, 0) is 43.2 Å². The van der Waals surface area contributed by atoms with Gasteiger partial charge in [0.25, 0.3) is 0 Å². The normalized spacial score (nSPS) is 12.1. The molecule has 0 spiro atoms. The topological polar surface area (TPSA) is 98.8 Å². The lowest BCUT2D eigenvalue weighted by molar-refractivity contribution is -0.139. The average molecular weight is 454 g/mol. The van der Waals surface area contributed by atoms with Crippen molar-refractivity contribution < 1.29 is 27.5 Å². The molecule has 3 aromatic carbocycles. The van der Waals surface area contributed by atoms with Crippen molar-refractivity contribution in [3.63, 3.8) is 0 Å². The molecule has 0 radical (unpaired) electrons. The van der Waals surface area contributed by atoms with Gasteiger partial charge in [0.15, 0.2) is 0 Å². The van der Waals surface area contributed by atoms with Crippen molar-refractivity contribution in [1.29, 1.82) is 0 Å². The first kappa shape index (κ1) is 23.2. The molecule has 8 heteroatoms. The summed E-state index contributed by atoms with van der Waals surface area (Å²) in [6, 6.07) is 20.0. The minimum absolute atomic E-state index is 0.00394. The molecular formula is C24H23NO6S. The maximum Gasteiger partial charge on any atom is 0.349 e. The third kappa shape index (κ3) is 5.81. The Morgan fingerprint density at radius 2 is 1.53 bits per heavy atom. The van der Waals surface area contributed by atoms with E-state index in [4.69, 9.17) is 9.47 Å². The number of benzene rings is 3. The van der Waals surface area contributed by atoms with Crippen LogP contribution in [0.15, 0.2) is 83.8 Å². The van der Waals surface area contributed by atoms with Crippen molar-refractivity contribution in [2.45, 2.75) is 24.3 Å². The minimum Gasteiger partial charge on any atom is -0.496 e. The van der Waals surface area contributed by atoms with Crippen LogP contribution in [0.4, 0.5) is 0 Å². The van der Waals surface area contributed by atoms with Crippen molar-refractivity contribution in [3.05, 3.63) is 95.6 Å². The van der Waals surface area contributed by atoms with Crippen molar-refractivity contribution in [1.82, 2.24) is 4.72 Å². The third-order valence-corrected chi connectivity index (χ3v) is 6.20. The quantitative estimate of drug-likeness (QED) is 0.415. The SMILES string of the molecule is COc1ccccc1C(=O)OC(=O)[C@H](Cc1ccccc1)NS(=O)(=O)c1ccc(C)cc1. The number of methoxy groups -OCH3 is 1. The van der Waals surface area contributed by atoms with E-state index in [0.717, 1.165) is 5.56 Å². The number of carbonyl (C=O) groups is 2. The lowest BCUT2D eigenvalue weighted by atomic mass is 10.1. The van der Waals surface area contributed by atoms with Crippen LogP contribution in [0, 0.1) is 6.92 Å². The highest BCUT2D eigenvalue weighted by Crippen LogP contribution is 2.19. The van der Waals surface area contributed by atoms with Gasteiger partial charge in [-0.25, -0.2) is 18.0 Å². The summed E-state index contributed by atoms with van der Waals surface area (Å²) >= 11 is 0. The summed E-state index contributed by atoms with van der Waals surface area (Å²) in [5.74, 6) is -1.70. The molecule has 0 saturated heterocycles. The molecule has 0 aromatic heterocycles. The highest BCUT2D eigenvalue weighted by atomic mass is 32.2. The predicted molar refractivity (Wildman–Crippen MR) is 119 cm³/mol. The zero-order valence-corrected chi connectivity index (χ0v) is 18.5. The van der Waals surface area contributed by atoms with Crippen molar-refractivity contribution in [3.8, 4) is 5.75 Å². The first-order chi connectivity index (χ1) is 15.3. The molecule has 7 nitrogen and oxygen atoms in total. The number of carbonyl (C=O) groups excluding carboxylic acids is 2. The van der Waals surface area contributed by atoms with Gasteiger partial charge in [0, 0.05) is 0 Å². The van der Waals surface area contributed by atoms with Gasteiger partial charge in [-0.3, -0.25) is 0 Å². The van der Waals surface area contributed by atoms with E-state index >= 15 is 0 Å². The molecule has 0 fully saturated rings. The molecule has 0 saturated carbocycles. The Morgan fingerprint density at radius 3 is 2.19 bits per heavy atom. The summed E-state index contributed by atoms with van der Waals surface area (Å²) in [5.41, 5.74) is 1.65. The Kier molecular flexibility index (Phi) is 7.40. The summed E-state index contributed by atoms with van der Waals surface area (Å²) in [6.07, 6.45) is 0.00394. The molecule has 1 N–H and O–H groups in total. The van der Waals surface area contributed by atoms with E-state index in [1.807, 2.05) is 6.92 Å². The minimum atomic E-state index is -4.04. The van der Waals surface area contributed by atoms with E-state index in [1.165, 1.54) is 25.3 Å². The van der Waals surface area contributed by atoms with E-state index < -0.39 is 28.0 Å². The van der Waals surface area contributed by atoms with Crippen molar-refractivity contribution >= 4 is 22.0 Å². The lowest BCUT2D eigenvalue weighted by Crippen LogP contribution is -2.44. The van der Waals surface area contributed by atoms with Gasteiger partial charge in [0.05, 0.1) is 12.0 Å². The molecule has 0 aliphatic carbocycles. The van der Waals surface area contributed by atoms with Gasteiger partial charge < -0.3 is 9.47 Å². The van der Waals surface area contributed by atoms with E-state index in [9.17, 15) is 18.0 Å². The Balaban J connectivity index is 1.85. The average Bonchev–Trinajstić information content (AvgIpc) is 2.79. The standard InChI is InChI=1S/C24H23NO6S/c1-17-12-14-19(15-13-17)32(28,29)25-21(16-18-8-4-3-5-9-18)24(27)31-23(26)20-10-6-7-11-22(20)30-2/h3-15,21,25H,16H2,1-2H3/t21-/m0/s1. The number of para-hydroxylation sites is 1. The van der Waals surface area contributed by atoms with Gasteiger partial charge in [-0.1, -0.05) is 60.2 Å². The van der Waals surface area contributed by atoms with E-state index in [0.29, 0.717) is 5.56 Å². The highest BCUT2D eigenvalue weighted by Gasteiger charge is 2.30. The number of rotatable bonds is 8. The van der Waals surface area contributed by atoms with Crippen LogP contribution in [0.1, 0.15) is 21.5 Å². The molecule has 0 bridgehead atoms. The molecule has 0 heterocycles. The first-order valence-electron chi connectivity index (χ1n) is 9.82. The van der Waals surface area contributed by atoms with Crippen LogP contribution in [0.3, 0.4) is 0 Å². The number of sulfonamides is 1. The van der Waals surface area contributed by atoms with Gasteiger partial charge >= 0.3 is 11.9 Å². The molecule has 32 heavy (non-hydrogen) atoms. The molecule has 0 aliphatic rings. The highest BCUT2D eigenvalue weighted by molar-refractivity contribution is 7.89. The second-order valence-electron chi connectivity index (χ2n) is 7.09. The third-order valence-electron chi connectivity index (χ3n) is 4.72. The van der Waals surface area contributed by atoms with E-state index in [-0.39, 0.29) is 22.6 Å². The maximum absolute atomic E-state index is 12.9. The number of aryl methyl sites for hydroxylation is 1. The predicted octanol–water partition coefficient (Wildman–Crippen LogP) is 3.28. The second kappa shape index (κ2) is 10.2. The molecule has 166 valence electrons. The molecule has 3 rings (SSSR count). The fourth-order valence-electron chi connectivity index (χ4n) is 3.03. The fourth-order valence-corrected chi connectivity index (χ4v) is 4.21. The molecule has 1 atom stereocenters. The summed E-state index contributed by atoms with van der Waals surface area (Å²) in [5, 5.41) is 0. The molecule has 0 unspecified atom stereocenters. The maximum atomic E-state index is 12.9. The van der Waals surface area contributed by atoms with Crippen LogP contribution in [-0.2, 0) is 26.0 Å². The fraction of sp³-hybridized carbons (Fsp3) is 0.167. The smallest absolute Gasteiger partial charge is 0.349 e. The van der Waals surface area contributed by atoms with Crippen LogP contribution < -0.4 is 9.46 Å². The summed E-state index contributed by atoms with van der Waals surface area (Å²) in [7, 11) is -2.65. The van der Waals surface area contributed by atoms with Gasteiger partial charge in [0.1, 0.15) is 17.4 Å². The van der Waals surface area contributed by atoms with Crippen LogP contribution in [-0.4, -0.2) is 33.5 Å². The van der Waals surface area contributed by atoms with E-state index in [2.05, 4.69) is 4.72 Å². The molecule has 0 aliphatic heterocycles. The largest absolute Gasteiger partial charge is 0.496 e. The van der Waals surface area contributed by atoms with Gasteiger partial charge in [0.2, 0.25) is 10.0 Å². The number of hydrogen-bond acceptors (Lipinski definition) is 6. The Labute approximate surface area is 187 Å². The van der Waals surface area contributed by atoms with Gasteiger partial charge in [-0.15, -0.1) is 0 Å². The number of hydrogen-bond donors (Lipinski definition) is 1. The first-order valence-corrected chi connectivity index (χ1v) is 11.3. The van der Waals surface area contributed by atoms with Crippen LogP contribution in [0.25, 0.3) is 0 Å². The molecule has 0 amide bonds. The monoisotopic (exact) mass is 453 g/mol. The summed E-state index contributed by atoms with van der Waals surface area (Å²) in [4.78, 5) is 25.5. The van der Waals surface area contributed by atoms with Gasteiger partial charge in [-0.2, -0.15) is 4.72 Å². The van der Waals surface area contributed by atoms with E-state index in [1.54, 1.807) is 60.7 Å². The van der Waals surface area contributed by atoms with Crippen LogP contribution in [0.5, 0.6) is 5.75 Å². The Hall–Kier alpha value is -3.49. The Bertz CT molecular complexity index is 1190. The lowest BCUT2D eigenvalue weighted by Gasteiger charge is -2.18. The van der Waals surface area contributed by atoms with Crippen molar-refractivity contribution in [2.24, 2.45) is 0 Å². The number of ether oxygens (including phenoxy) is 2. The van der Waals surface area contributed by atoms with Crippen LogP contribution in [0.2, 0.25) is 0 Å². The molecular weight excluding hydrogens is 430 g/mol. The van der Waals surface area contributed by atoms with Crippen LogP contribution >= 0.6 is 0 Å². The zero-order chi connectivity index (χ0) is 23.1. The second-order valence-corrected chi connectivity index (χ2v) is 8.80. The van der Waals surface area contributed by atoms with Crippen molar-refractivity contribution in [2.75, 3.05) is 7.11 Å². The number of nitrogens with one attached hydrogen (secondary N) is 1. The Morgan fingerprint density at radius 1 is 0.906 bits per heavy atom. The molecule has 3 aromatic rings. The number of esters is 2. The summed E-state index contributed by atoms with van der Waals surface area (Å²) in [6.45, 7) is 1.84.